The van der Waals surface area contributed by atoms with Crippen molar-refractivity contribution in [1.29, 1.82) is 0 Å². The molecule has 0 aliphatic carbocycles. The quantitative estimate of drug-likeness (QED) is 0.437. The molecular formula is C21H22F4N4O. The number of imidazole rings is 1. The normalized spacial score (nSPS) is 15.4. The third-order valence-corrected chi connectivity index (χ3v) is 4.84. The number of carbonyl (C=O) groups is 1. The fraction of sp³-hybridized carbons (Fsp3) is 0.381. The fourth-order valence-electron chi connectivity index (χ4n) is 3.25. The summed E-state index contributed by atoms with van der Waals surface area (Å²) < 4.78 is 53.3. The molecule has 1 aliphatic rings. The smallest absolute Gasteiger partial charge is 0.306 e. The van der Waals surface area contributed by atoms with Gasteiger partial charge in [-0.3, -0.25) is 4.79 Å². The summed E-state index contributed by atoms with van der Waals surface area (Å²) in [6, 6.07) is 5.71. The number of alkyl halides is 3. The molecule has 0 spiro atoms. The van der Waals surface area contributed by atoms with Crippen LogP contribution in [0.5, 0.6) is 0 Å². The van der Waals surface area contributed by atoms with Gasteiger partial charge in [-0.2, -0.15) is 18.3 Å². The SMILES string of the molecule is CN1CCCCCC1.O=Cc1cn2nc(-c3ccc(F)cc3)cc(C(F)(F)F)c2n1. The van der Waals surface area contributed by atoms with Crippen molar-refractivity contribution in [3.63, 3.8) is 0 Å². The van der Waals surface area contributed by atoms with E-state index < -0.39 is 23.2 Å². The van der Waals surface area contributed by atoms with Gasteiger partial charge in [0.15, 0.2) is 11.9 Å². The van der Waals surface area contributed by atoms with Crippen molar-refractivity contribution in [3.05, 3.63) is 53.6 Å². The molecule has 3 aromatic rings. The van der Waals surface area contributed by atoms with Crippen LogP contribution in [0.1, 0.15) is 41.7 Å². The molecule has 0 atom stereocenters. The Bertz CT molecular complexity index is 991. The second kappa shape index (κ2) is 9.34. The van der Waals surface area contributed by atoms with Gasteiger partial charge < -0.3 is 4.90 Å². The Morgan fingerprint density at radius 3 is 2.23 bits per heavy atom. The standard InChI is InChI=1S/C14H7F4N3O.C7H15N/c15-9-3-1-8(2-4-9)12-5-11(14(16,17)18)13-19-10(7-22)6-21(13)20-12;1-8-6-4-2-3-5-7-8/h1-7H;2-7H2,1H3. The van der Waals surface area contributed by atoms with Crippen LogP contribution in [0.15, 0.2) is 36.5 Å². The Kier molecular flexibility index (Phi) is 6.81. The number of benzene rings is 1. The molecule has 5 nitrogen and oxygen atoms in total. The van der Waals surface area contributed by atoms with Crippen molar-refractivity contribution in [2.24, 2.45) is 0 Å². The Labute approximate surface area is 171 Å². The number of aldehydes is 1. The average molecular weight is 422 g/mol. The van der Waals surface area contributed by atoms with Crippen LogP contribution < -0.4 is 0 Å². The van der Waals surface area contributed by atoms with Gasteiger partial charge in [0.1, 0.15) is 17.1 Å². The molecule has 30 heavy (non-hydrogen) atoms. The van der Waals surface area contributed by atoms with Crippen LogP contribution in [0.2, 0.25) is 0 Å². The number of nitrogens with zero attached hydrogens (tertiary/aromatic N) is 4. The van der Waals surface area contributed by atoms with E-state index in [1.807, 2.05) is 0 Å². The van der Waals surface area contributed by atoms with Gasteiger partial charge in [-0.1, -0.05) is 12.8 Å². The molecule has 1 saturated heterocycles. The zero-order valence-electron chi connectivity index (χ0n) is 16.5. The van der Waals surface area contributed by atoms with E-state index in [1.165, 1.54) is 50.9 Å². The molecule has 0 saturated carbocycles. The average Bonchev–Trinajstić information content (AvgIpc) is 2.98. The van der Waals surface area contributed by atoms with Crippen LogP contribution in [0.25, 0.3) is 16.9 Å². The summed E-state index contributed by atoms with van der Waals surface area (Å²) in [6.45, 7) is 2.64. The van der Waals surface area contributed by atoms with Gasteiger partial charge in [-0.15, -0.1) is 0 Å². The van der Waals surface area contributed by atoms with Gasteiger partial charge in [0.25, 0.3) is 0 Å². The first-order chi connectivity index (χ1) is 14.3. The van der Waals surface area contributed by atoms with E-state index >= 15 is 0 Å². The number of aromatic nitrogens is 3. The highest BCUT2D eigenvalue weighted by Gasteiger charge is 2.35. The molecule has 160 valence electrons. The largest absolute Gasteiger partial charge is 0.420 e. The number of fused-ring (bicyclic) bond motifs is 1. The minimum absolute atomic E-state index is 0.00493. The molecule has 1 aromatic carbocycles. The third kappa shape index (κ3) is 5.41. The van der Waals surface area contributed by atoms with Crippen LogP contribution >= 0.6 is 0 Å². The van der Waals surface area contributed by atoms with E-state index in [-0.39, 0.29) is 11.4 Å². The number of carbonyl (C=O) groups excluding carboxylic acids is 1. The van der Waals surface area contributed by atoms with Crippen molar-refractivity contribution in [3.8, 4) is 11.3 Å². The summed E-state index contributed by atoms with van der Waals surface area (Å²) in [5, 5.41) is 3.99. The van der Waals surface area contributed by atoms with Crippen LogP contribution in [-0.4, -0.2) is 45.9 Å². The number of likely N-dealkylation sites (tertiary alicyclic amines) is 1. The summed E-state index contributed by atoms with van der Waals surface area (Å²) >= 11 is 0. The lowest BCUT2D eigenvalue weighted by atomic mass is 10.1. The summed E-state index contributed by atoms with van der Waals surface area (Å²) in [4.78, 5) is 16.7. The van der Waals surface area contributed by atoms with Gasteiger partial charge in [0.2, 0.25) is 0 Å². The van der Waals surface area contributed by atoms with Gasteiger partial charge >= 0.3 is 6.18 Å². The predicted molar refractivity (Wildman–Crippen MR) is 105 cm³/mol. The number of hydrogen-bond donors (Lipinski definition) is 0. The first-order valence-electron chi connectivity index (χ1n) is 9.65. The lowest BCUT2D eigenvalue weighted by Crippen LogP contribution is -2.18. The fourth-order valence-corrected chi connectivity index (χ4v) is 3.25. The molecule has 9 heteroatoms. The minimum atomic E-state index is -4.66. The molecular weight excluding hydrogens is 400 g/mol. The first kappa shape index (κ1) is 21.9. The van der Waals surface area contributed by atoms with Gasteiger partial charge in [0, 0.05) is 5.56 Å². The number of rotatable bonds is 2. The molecule has 0 unspecified atom stereocenters. The number of halogens is 4. The maximum absolute atomic E-state index is 13.2. The molecule has 2 aromatic heterocycles. The molecule has 0 bridgehead atoms. The van der Waals surface area contributed by atoms with Crippen LogP contribution in [0, 0.1) is 5.82 Å². The van der Waals surface area contributed by atoms with E-state index in [0.29, 0.717) is 11.8 Å². The highest BCUT2D eigenvalue weighted by atomic mass is 19.4. The Balaban J connectivity index is 0.000000269. The lowest BCUT2D eigenvalue weighted by molar-refractivity contribution is -0.136. The minimum Gasteiger partial charge on any atom is -0.306 e. The maximum Gasteiger partial charge on any atom is 0.420 e. The van der Waals surface area contributed by atoms with E-state index in [1.54, 1.807) is 0 Å². The van der Waals surface area contributed by atoms with E-state index in [2.05, 4.69) is 22.0 Å². The molecule has 1 fully saturated rings. The summed E-state index contributed by atoms with van der Waals surface area (Å²) in [6.07, 6.45) is 2.50. The summed E-state index contributed by atoms with van der Waals surface area (Å²) in [7, 11) is 2.21. The Morgan fingerprint density at radius 2 is 1.67 bits per heavy atom. The van der Waals surface area contributed by atoms with Crippen molar-refractivity contribution < 1.29 is 22.4 Å². The molecule has 0 radical (unpaired) electrons. The zero-order chi connectivity index (χ0) is 21.7. The number of hydrogen-bond acceptors (Lipinski definition) is 4. The lowest BCUT2D eigenvalue weighted by Gasteiger charge is -2.10. The van der Waals surface area contributed by atoms with Crippen molar-refractivity contribution in [2.75, 3.05) is 20.1 Å². The topological polar surface area (TPSA) is 50.5 Å². The van der Waals surface area contributed by atoms with Gasteiger partial charge in [-0.25, -0.2) is 13.9 Å². The molecule has 4 rings (SSSR count). The van der Waals surface area contributed by atoms with E-state index in [4.69, 9.17) is 0 Å². The van der Waals surface area contributed by atoms with Crippen LogP contribution in [0.4, 0.5) is 17.6 Å². The Hall–Kier alpha value is -2.81. The maximum atomic E-state index is 13.2. The van der Waals surface area contributed by atoms with Crippen LogP contribution in [0.3, 0.4) is 0 Å². The molecule has 0 N–H and O–H groups in total. The predicted octanol–water partition coefficient (Wildman–Crippen LogP) is 4.86. The van der Waals surface area contributed by atoms with E-state index in [9.17, 15) is 22.4 Å². The Morgan fingerprint density at radius 1 is 1.03 bits per heavy atom. The summed E-state index contributed by atoms with van der Waals surface area (Å²) in [5.41, 5.74) is -1.32. The first-order valence-corrected chi connectivity index (χ1v) is 9.65. The van der Waals surface area contributed by atoms with Gasteiger partial charge in [0.05, 0.1) is 11.9 Å². The second-order valence-electron chi connectivity index (χ2n) is 7.22. The van der Waals surface area contributed by atoms with Crippen LogP contribution in [-0.2, 0) is 6.18 Å². The van der Waals surface area contributed by atoms with E-state index in [0.717, 1.165) is 28.9 Å². The molecule has 3 heterocycles. The molecule has 1 aliphatic heterocycles. The van der Waals surface area contributed by atoms with Gasteiger partial charge in [-0.05, 0) is 63.3 Å². The third-order valence-electron chi connectivity index (χ3n) is 4.84. The van der Waals surface area contributed by atoms with Crippen molar-refractivity contribution in [1.82, 2.24) is 19.5 Å². The second-order valence-corrected chi connectivity index (χ2v) is 7.22. The van der Waals surface area contributed by atoms with Crippen molar-refractivity contribution in [2.45, 2.75) is 31.9 Å². The monoisotopic (exact) mass is 422 g/mol. The van der Waals surface area contributed by atoms with Crippen molar-refractivity contribution >= 4 is 11.9 Å². The highest BCUT2D eigenvalue weighted by molar-refractivity contribution is 5.74. The zero-order valence-corrected chi connectivity index (χ0v) is 16.5. The highest BCUT2D eigenvalue weighted by Crippen LogP contribution is 2.34. The summed E-state index contributed by atoms with van der Waals surface area (Å²) in [5.74, 6) is -0.508. The molecule has 0 amide bonds.